The van der Waals surface area contributed by atoms with Crippen LogP contribution < -0.4 is 0 Å². The second-order valence-electron chi connectivity index (χ2n) is 2.08. The summed E-state index contributed by atoms with van der Waals surface area (Å²) in [5.41, 5.74) is 0. The number of halogens is 6. The number of alkyl halides is 6. The lowest BCUT2D eigenvalue weighted by Crippen LogP contribution is -2.25. The first-order valence-corrected chi connectivity index (χ1v) is 2.84. The van der Waals surface area contributed by atoms with Crippen molar-refractivity contribution in [2.75, 3.05) is 0 Å². The van der Waals surface area contributed by atoms with Gasteiger partial charge in [-0.1, -0.05) is 0 Å². The molecular weight excluding hydrogens is 204 g/mol. The smallest absolute Gasteiger partial charge is 0.222 e. The van der Waals surface area contributed by atoms with Crippen molar-refractivity contribution in [1.29, 1.82) is 0 Å². The second-order valence-corrected chi connectivity index (χ2v) is 2.08. The van der Waals surface area contributed by atoms with Crippen LogP contribution in [0.5, 0.6) is 0 Å². The van der Waals surface area contributed by atoms with Crippen molar-refractivity contribution in [2.24, 2.45) is 15.2 Å². The van der Waals surface area contributed by atoms with Crippen LogP contribution in [0.4, 0.5) is 26.3 Å². The van der Waals surface area contributed by atoms with Crippen LogP contribution in [0.2, 0.25) is 0 Å². The molecule has 1 unspecified atom stereocenters. The number of nitrogens with zero attached hydrogens (tertiary/aromatic N) is 3. The van der Waals surface area contributed by atoms with E-state index in [1.54, 1.807) is 0 Å². The van der Waals surface area contributed by atoms with Gasteiger partial charge in [-0.05, 0) is 0 Å². The molecule has 0 amide bonds. The third-order valence-electron chi connectivity index (χ3n) is 1.05. The van der Waals surface area contributed by atoms with Gasteiger partial charge in [0.25, 0.3) is 12.0 Å². The second kappa shape index (κ2) is 2.67. The van der Waals surface area contributed by atoms with Crippen LogP contribution in [0.15, 0.2) is 15.2 Å². The molecule has 0 bridgehead atoms. The Balaban J connectivity index is 2.84. The van der Waals surface area contributed by atoms with Crippen LogP contribution in [-0.2, 0) is 0 Å². The van der Waals surface area contributed by atoms with Crippen molar-refractivity contribution in [1.82, 2.24) is 0 Å². The van der Waals surface area contributed by atoms with Gasteiger partial charge in [0.05, 0.1) is 0 Å². The Morgan fingerprint density at radius 1 is 1.00 bits per heavy atom. The largest absolute Gasteiger partial charge is 0.453 e. The van der Waals surface area contributed by atoms with Crippen molar-refractivity contribution in [2.45, 2.75) is 18.5 Å². The van der Waals surface area contributed by atoms with Crippen LogP contribution in [0.1, 0.15) is 0 Å². The van der Waals surface area contributed by atoms with E-state index in [4.69, 9.17) is 0 Å². The predicted octanol–water partition coefficient (Wildman–Crippen LogP) is 2.30. The molecule has 1 rings (SSSR count). The van der Waals surface area contributed by atoms with Gasteiger partial charge in [-0.15, -0.1) is 10.2 Å². The third-order valence-corrected chi connectivity index (χ3v) is 1.05. The molecule has 1 aliphatic rings. The third kappa shape index (κ3) is 2.16. The highest BCUT2D eigenvalue weighted by atomic mass is 19.4. The quantitative estimate of drug-likeness (QED) is 0.544. The Bertz CT molecular complexity index is 260. The van der Waals surface area contributed by atoms with Crippen LogP contribution >= 0.6 is 0 Å². The lowest BCUT2D eigenvalue weighted by atomic mass is 10.5. The molecule has 9 heteroatoms. The molecule has 0 N–H and O–H groups in total. The van der Waals surface area contributed by atoms with Crippen LogP contribution in [0.3, 0.4) is 0 Å². The number of hydrogen-bond donors (Lipinski definition) is 0. The monoisotopic (exact) mass is 205 g/mol. The molecule has 1 aliphatic heterocycles. The maximum atomic E-state index is 11.7. The average Bonchev–Trinajstić information content (AvgIpc) is 2.28. The number of aliphatic imine (C=N–C) groups is 1. The van der Waals surface area contributed by atoms with Gasteiger partial charge in [0, 0.05) is 0 Å². The van der Waals surface area contributed by atoms with Gasteiger partial charge in [0.1, 0.15) is 0 Å². The van der Waals surface area contributed by atoms with Gasteiger partial charge in [0.15, 0.2) is 0 Å². The molecule has 0 saturated carbocycles. The fraction of sp³-hybridized carbons (Fsp3) is 0.750. The van der Waals surface area contributed by atoms with Crippen molar-refractivity contribution >= 4 is 5.84 Å². The van der Waals surface area contributed by atoms with E-state index in [1.807, 2.05) is 0 Å². The van der Waals surface area contributed by atoms with Gasteiger partial charge < -0.3 is 0 Å². The molecule has 3 nitrogen and oxygen atoms in total. The van der Waals surface area contributed by atoms with Crippen molar-refractivity contribution in [3.8, 4) is 0 Å². The number of azo groups is 1. The van der Waals surface area contributed by atoms with E-state index in [0.717, 1.165) is 0 Å². The molecular formula is C4HF6N3. The molecule has 0 aliphatic carbocycles. The summed E-state index contributed by atoms with van der Waals surface area (Å²) in [4.78, 5) is 2.26. The van der Waals surface area contributed by atoms with Crippen LogP contribution in [0, 0.1) is 0 Å². The highest BCUT2D eigenvalue weighted by Crippen LogP contribution is 2.30. The molecule has 0 radical (unpaired) electrons. The lowest BCUT2D eigenvalue weighted by Gasteiger charge is -2.06. The van der Waals surface area contributed by atoms with Crippen LogP contribution in [0.25, 0.3) is 0 Å². The SMILES string of the molecule is FC(F)(F)C1=NC(C(F)(F)F)N=N1. The molecule has 0 fully saturated rings. The zero-order valence-corrected chi connectivity index (χ0v) is 5.69. The Morgan fingerprint density at radius 2 is 1.54 bits per heavy atom. The normalized spacial score (nSPS) is 23.5. The Hall–Kier alpha value is -1.15. The van der Waals surface area contributed by atoms with E-state index in [1.165, 1.54) is 0 Å². The summed E-state index contributed by atoms with van der Waals surface area (Å²) in [7, 11) is 0. The molecule has 0 aromatic rings. The molecule has 74 valence electrons. The minimum atomic E-state index is -4.98. The number of hydrogen-bond acceptors (Lipinski definition) is 3. The van der Waals surface area contributed by atoms with E-state index in [2.05, 4.69) is 15.2 Å². The maximum Gasteiger partial charge on any atom is 0.453 e. The van der Waals surface area contributed by atoms with E-state index in [0.29, 0.717) is 0 Å². The first-order chi connectivity index (χ1) is 5.71. The Morgan fingerprint density at radius 3 is 1.77 bits per heavy atom. The molecule has 0 spiro atoms. The predicted molar refractivity (Wildman–Crippen MR) is 28.2 cm³/mol. The lowest BCUT2D eigenvalue weighted by molar-refractivity contribution is -0.145. The Labute approximate surface area is 67.2 Å². The number of rotatable bonds is 0. The zero-order chi connectivity index (χ0) is 10.3. The summed E-state index contributed by atoms with van der Waals surface area (Å²) in [6.45, 7) is 0. The van der Waals surface area contributed by atoms with Crippen molar-refractivity contribution in [3.05, 3.63) is 0 Å². The summed E-state index contributed by atoms with van der Waals surface area (Å²) in [6.07, 6.45) is -12.6. The summed E-state index contributed by atoms with van der Waals surface area (Å²) in [5, 5.41) is 4.62. The summed E-state index contributed by atoms with van der Waals surface area (Å²) < 4.78 is 70.1. The minimum Gasteiger partial charge on any atom is -0.222 e. The van der Waals surface area contributed by atoms with Gasteiger partial charge in [-0.2, -0.15) is 26.3 Å². The standard InChI is InChI=1S/C4HF6N3/c5-3(6,7)1-11-2(13-12-1)4(8,9)10/h1H. The molecule has 0 aromatic heterocycles. The zero-order valence-electron chi connectivity index (χ0n) is 5.69. The topological polar surface area (TPSA) is 37.1 Å². The van der Waals surface area contributed by atoms with Gasteiger partial charge in [0.2, 0.25) is 0 Å². The summed E-state index contributed by atoms with van der Waals surface area (Å²) >= 11 is 0. The van der Waals surface area contributed by atoms with Crippen molar-refractivity contribution in [3.63, 3.8) is 0 Å². The van der Waals surface area contributed by atoms with E-state index >= 15 is 0 Å². The van der Waals surface area contributed by atoms with E-state index < -0.39 is 24.4 Å². The van der Waals surface area contributed by atoms with Gasteiger partial charge in [-0.3, -0.25) is 0 Å². The van der Waals surface area contributed by atoms with Gasteiger partial charge in [-0.25, -0.2) is 4.99 Å². The molecule has 0 aromatic carbocycles. The Kier molecular flexibility index (Phi) is 2.04. The van der Waals surface area contributed by atoms with E-state index in [9.17, 15) is 26.3 Å². The molecule has 1 heterocycles. The van der Waals surface area contributed by atoms with Crippen molar-refractivity contribution < 1.29 is 26.3 Å². The van der Waals surface area contributed by atoms with Crippen LogP contribution in [-0.4, -0.2) is 24.4 Å². The molecule has 1 atom stereocenters. The summed E-state index contributed by atoms with van der Waals surface area (Å²) in [6, 6.07) is 0. The fourth-order valence-electron chi connectivity index (χ4n) is 0.545. The van der Waals surface area contributed by atoms with E-state index in [-0.39, 0.29) is 0 Å². The molecule has 0 saturated heterocycles. The number of amidine groups is 1. The van der Waals surface area contributed by atoms with Gasteiger partial charge >= 0.3 is 12.4 Å². The molecule has 13 heavy (non-hydrogen) atoms. The maximum absolute atomic E-state index is 11.7. The summed E-state index contributed by atoms with van der Waals surface area (Å²) in [5.74, 6) is -1.85. The fourth-order valence-corrected chi connectivity index (χ4v) is 0.545. The minimum absolute atomic E-state index is 1.85. The highest BCUT2D eigenvalue weighted by Gasteiger charge is 2.47. The first-order valence-electron chi connectivity index (χ1n) is 2.84. The highest BCUT2D eigenvalue weighted by molar-refractivity contribution is 5.88. The average molecular weight is 205 g/mol. The first kappa shape index (κ1) is 9.93.